The van der Waals surface area contributed by atoms with Gasteiger partial charge in [-0.15, -0.1) is 11.6 Å². The Labute approximate surface area is 98.0 Å². The van der Waals surface area contributed by atoms with Gasteiger partial charge in [0, 0.05) is 5.88 Å². The molecule has 16 heavy (non-hydrogen) atoms. The zero-order valence-corrected chi connectivity index (χ0v) is 9.41. The molecule has 0 aliphatic carbocycles. The maximum absolute atomic E-state index is 10.7. The van der Waals surface area contributed by atoms with Gasteiger partial charge < -0.3 is 9.84 Å². The van der Waals surface area contributed by atoms with E-state index in [2.05, 4.69) is 0 Å². The quantitative estimate of drug-likeness (QED) is 0.815. The fourth-order valence-electron chi connectivity index (χ4n) is 1.44. The highest BCUT2D eigenvalue weighted by molar-refractivity contribution is 6.17. The minimum atomic E-state index is -1.00. The zero-order chi connectivity index (χ0) is 12.1. The molecule has 84 valence electrons. The van der Waals surface area contributed by atoms with E-state index in [0.717, 1.165) is 0 Å². The molecule has 0 aliphatic rings. The van der Waals surface area contributed by atoms with Crippen LogP contribution in [0.15, 0.2) is 12.1 Å². The van der Waals surface area contributed by atoms with E-state index < -0.39 is 5.97 Å². The van der Waals surface area contributed by atoms with Crippen LogP contribution in [0.25, 0.3) is 0 Å². The lowest BCUT2D eigenvalue weighted by molar-refractivity contribution is -0.136. The van der Waals surface area contributed by atoms with Crippen LogP contribution in [0.5, 0.6) is 5.75 Å². The molecule has 1 N–H and O–H groups in total. The maximum atomic E-state index is 10.7. The van der Waals surface area contributed by atoms with Crippen molar-refractivity contribution in [2.45, 2.75) is 12.3 Å². The van der Waals surface area contributed by atoms with Crippen molar-refractivity contribution in [1.82, 2.24) is 0 Å². The summed E-state index contributed by atoms with van der Waals surface area (Å²) in [6.45, 7) is 0. The number of ether oxygens (including phenoxy) is 1. The molecule has 0 heterocycles. The molecular weight excluding hydrogens is 230 g/mol. The van der Waals surface area contributed by atoms with E-state index >= 15 is 0 Å². The molecule has 0 amide bonds. The van der Waals surface area contributed by atoms with Crippen LogP contribution in [0.4, 0.5) is 0 Å². The van der Waals surface area contributed by atoms with Crippen molar-refractivity contribution in [2.24, 2.45) is 0 Å². The first-order valence-corrected chi connectivity index (χ1v) is 5.04. The number of aliphatic carboxylic acids is 1. The third-order valence-corrected chi connectivity index (χ3v) is 2.46. The van der Waals surface area contributed by atoms with E-state index in [1.54, 1.807) is 12.1 Å². The molecular formula is C11H10ClNO3. The minimum Gasteiger partial charge on any atom is -0.495 e. The molecule has 0 saturated carbocycles. The first-order chi connectivity index (χ1) is 7.63. The highest BCUT2D eigenvalue weighted by atomic mass is 35.5. The lowest BCUT2D eigenvalue weighted by atomic mass is 9.99. The average Bonchev–Trinajstić information content (AvgIpc) is 2.27. The molecule has 5 heteroatoms. The molecule has 1 aromatic rings. The Morgan fingerprint density at radius 3 is 2.75 bits per heavy atom. The zero-order valence-electron chi connectivity index (χ0n) is 8.66. The fraction of sp³-hybridized carbons (Fsp3) is 0.273. The van der Waals surface area contributed by atoms with E-state index in [1.807, 2.05) is 6.07 Å². The van der Waals surface area contributed by atoms with Gasteiger partial charge in [0.1, 0.15) is 11.8 Å². The van der Waals surface area contributed by atoms with Gasteiger partial charge in [0.2, 0.25) is 0 Å². The van der Waals surface area contributed by atoms with E-state index in [9.17, 15) is 4.79 Å². The van der Waals surface area contributed by atoms with Crippen molar-refractivity contribution in [2.75, 3.05) is 7.11 Å². The number of hydrogen-bond acceptors (Lipinski definition) is 3. The van der Waals surface area contributed by atoms with Gasteiger partial charge in [-0.3, -0.25) is 4.79 Å². The molecule has 1 rings (SSSR count). The van der Waals surface area contributed by atoms with Crippen molar-refractivity contribution in [3.05, 3.63) is 28.8 Å². The topological polar surface area (TPSA) is 70.3 Å². The van der Waals surface area contributed by atoms with Crippen LogP contribution in [0.1, 0.15) is 16.7 Å². The van der Waals surface area contributed by atoms with E-state index in [1.165, 1.54) is 7.11 Å². The highest BCUT2D eigenvalue weighted by Crippen LogP contribution is 2.26. The summed E-state index contributed by atoms with van der Waals surface area (Å²) in [5.74, 6) is -0.467. The third kappa shape index (κ3) is 2.44. The Hall–Kier alpha value is -1.73. The molecule has 1 aromatic carbocycles. The molecule has 0 unspecified atom stereocenters. The molecule has 0 fully saturated rings. The molecule has 0 aromatic heterocycles. The second-order valence-corrected chi connectivity index (χ2v) is 3.36. The summed E-state index contributed by atoms with van der Waals surface area (Å²) in [4.78, 5) is 10.7. The summed E-state index contributed by atoms with van der Waals surface area (Å²) in [7, 11) is 1.43. The second-order valence-electron chi connectivity index (χ2n) is 3.10. The molecule has 0 aliphatic heterocycles. The number of carbonyl (C=O) groups is 1. The largest absolute Gasteiger partial charge is 0.495 e. The molecule has 0 bridgehead atoms. The molecule has 0 radical (unpaired) electrons. The van der Waals surface area contributed by atoms with Crippen LogP contribution < -0.4 is 4.74 Å². The lowest BCUT2D eigenvalue weighted by Crippen LogP contribution is -2.06. The standard InChI is InChI=1S/C11H10ClNO3/c1-16-10-3-2-7(5-12)8(4-11(14)15)9(10)6-13/h2-3H,4-5H2,1H3,(H,14,15). The van der Waals surface area contributed by atoms with Crippen LogP contribution in [0.3, 0.4) is 0 Å². The van der Waals surface area contributed by atoms with Crippen molar-refractivity contribution in [3.8, 4) is 11.8 Å². The fourth-order valence-corrected chi connectivity index (χ4v) is 1.69. The predicted molar refractivity (Wildman–Crippen MR) is 58.6 cm³/mol. The summed E-state index contributed by atoms with van der Waals surface area (Å²) >= 11 is 5.70. The summed E-state index contributed by atoms with van der Waals surface area (Å²) in [6, 6.07) is 5.23. The van der Waals surface area contributed by atoms with Crippen LogP contribution in [0.2, 0.25) is 0 Å². The van der Waals surface area contributed by atoms with Gasteiger partial charge in [-0.1, -0.05) is 6.07 Å². The van der Waals surface area contributed by atoms with Crippen molar-refractivity contribution in [1.29, 1.82) is 5.26 Å². The number of methoxy groups -OCH3 is 1. The van der Waals surface area contributed by atoms with Crippen LogP contribution in [0, 0.1) is 11.3 Å². The van der Waals surface area contributed by atoms with Crippen molar-refractivity contribution >= 4 is 17.6 Å². The lowest BCUT2D eigenvalue weighted by Gasteiger charge is -2.10. The molecule has 0 spiro atoms. The maximum Gasteiger partial charge on any atom is 0.307 e. The summed E-state index contributed by atoms with van der Waals surface area (Å²) in [5, 5.41) is 17.8. The number of halogens is 1. The summed E-state index contributed by atoms with van der Waals surface area (Å²) in [5.41, 5.74) is 1.30. The summed E-state index contributed by atoms with van der Waals surface area (Å²) in [6.07, 6.45) is -0.234. The van der Waals surface area contributed by atoms with Crippen LogP contribution in [-0.2, 0) is 17.1 Å². The van der Waals surface area contributed by atoms with Gasteiger partial charge in [-0.2, -0.15) is 5.26 Å². The van der Waals surface area contributed by atoms with Crippen LogP contribution >= 0.6 is 11.6 Å². The van der Waals surface area contributed by atoms with E-state index in [0.29, 0.717) is 16.9 Å². The van der Waals surface area contributed by atoms with E-state index in [-0.39, 0.29) is 17.9 Å². The third-order valence-electron chi connectivity index (χ3n) is 2.18. The first-order valence-electron chi connectivity index (χ1n) is 4.50. The van der Waals surface area contributed by atoms with Gasteiger partial charge in [0.05, 0.1) is 19.1 Å². The Morgan fingerprint density at radius 1 is 1.62 bits per heavy atom. The Kier molecular flexibility index (Phi) is 4.15. The van der Waals surface area contributed by atoms with Crippen molar-refractivity contribution in [3.63, 3.8) is 0 Å². The Bertz CT molecular complexity index is 451. The number of nitrogens with zero attached hydrogens (tertiary/aromatic N) is 1. The summed E-state index contributed by atoms with van der Waals surface area (Å²) < 4.78 is 5.00. The minimum absolute atomic E-state index is 0.168. The highest BCUT2D eigenvalue weighted by Gasteiger charge is 2.15. The van der Waals surface area contributed by atoms with Gasteiger partial charge in [-0.25, -0.2) is 0 Å². The number of hydrogen-bond donors (Lipinski definition) is 1. The van der Waals surface area contributed by atoms with Gasteiger partial charge in [0.15, 0.2) is 0 Å². The Morgan fingerprint density at radius 2 is 2.31 bits per heavy atom. The molecule has 0 atom stereocenters. The smallest absolute Gasteiger partial charge is 0.307 e. The number of carboxylic acids is 1. The molecule has 4 nitrogen and oxygen atoms in total. The normalized spacial score (nSPS) is 9.56. The molecule has 0 saturated heterocycles. The van der Waals surface area contributed by atoms with Gasteiger partial charge in [0.25, 0.3) is 0 Å². The number of nitriles is 1. The monoisotopic (exact) mass is 239 g/mol. The second kappa shape index (κ2) is 5.38. The number of alkyl halides is 1. The number of carboxylic acid groups (broad SMARTS) is 1. The van der Waals surface area contributed by atoms with Gasteiger partial charge >= 0.3 is 5.97 Å². The first kappa shape index (κ1) is 12.3. The van der Waals surface area contributed by atoms with E-state index in [4.69, 9.17) is 26.7 Å². The SMILES string of the molecule is COc1ccc(CCl)c(CC(=O)O)c1C#N. The Balaban J connectivity index is 3.38. The number of rotatable bonds is 4. The average molecular weight is 240 g/mol. The van der Waals surface area contributed by atoms with Crippen LogP contribution in [-0.4, -0.2) is 18.2 Å². The predicted octanol–water partition coefficient (Wildman–Crippen LogP) is 1.93. The number of benzene rings is 1. The van der Waals surface area contributed by atoms with Gasteiger partial charge in [-0.05, 0) is 17.2 Å². The van der Waals surface area contributed by atoms with Crippen molar-refractivity contribution < 1.29 is 14.6 Å².